The van der Waals surface area contributed by atoms with Gasteiger partial charge in [-0.1, -0.05) is 0 Å². The van der Waals surface area contributed by atoms with Crippen LogP contribution < -0.4 is 16.4 Å². The first-order valence-corrected chi connectivity index (χ1v) is 6.30. The number of nitrogens with two attached hydrogens (primary N) is 1. The third kappa shape index (κ3) is 5.51. The molecular weight excluding hydrogens is 280 g/mol. The quantitative estimate of drug-likeness (QED) is 0.559. The molecule has 0 aromatic carbocycles. The Bertz CT molecular complexity index is 527. The topological polar surface area (TPSA) is 148 Å². The zero-order valence-corrected chi connectivity index (χ0v) is 11.8. The molecule has 21 heavy (non-hydrogen) atoms. The molecule has 0 aliphatic heterocycles. The number of urea groups is 1. The number of nitrogens with one attached hydrogen (secondary N) is 2. The molecule has 116 valence electrons. The average Bonchev–Trinajstić information content (AvgIpc) is 2.80. The van der Waals surface area contributed by atoms with E-state index in [4.69, 9.17) is 15.3 Å². The fraction of sp³-hybridized carbons (Fsp3) is 0.500. The van der Waals surface area contributed by atoms with Gasteiger partial charge in [-0.25, -0.2) is 14.6 Å². The smallest absolute Gasteiger partial charge is 0.326 e. The SMILES string of the molecule is Cc1cnc(C(C)NC(=O)N[C@@H](CCC(N)=O)C(=O)O)o1. The fourth-order valence-corrected chi connectivity index (χ4v) is 1.57. The molecular formula is C12H18N4O5. The second kappa shape index (κ2) is 7.27. The summed E-state index contributed by atoms with van der Waals surface area (Å²) in [6.45, 7) is 3.36. The maximum absolute atomic E-state index is 11.7. The van der Waals surface area contributed by atoms with Gasteiger partial charge in [0.15, 0.2) is 0 Å². The summed E-state index contributed by atoms with van der Waals surface area (Å²) in [5, 5.41) is 13.7. The number of hydrogen-bond donors (Lipinski definition) is 4. The van der Waals surface area contributed by atoms with Crippen LogP contribution in [0.15, 0.2) is 10.6 Å². The molecule has 0 saturated carbocycles. The highest BCUT2D eigenvalue weighted by Gasteiger charge is 2.22. The largest absolute Gasteiger partial charge is 0.480 e. The Hall–Kier alpha value is -2.58. The van der Waals surface area contributed by atoms with E-state index in [-0.39, 0.29) is 12.8 Å². The Morgan fingerprint density at radius 1 is 1.43 bits per heavy atom. The Morgan fingerprint density at radius 3 is 2.57 bits per heavy atom. The number of carboxylic acid groups (broad SMARTS) is 1. The zero-order chi connectivity index (χ0) is 16.0. The van der Waals surface area contributed by atoms with Crippen LogP contribution in [0.4, 0.5) is 4.79 Å². The van der Waals surface area contributed by atoms with Crippen LogP contribution in [0.1, 0.15) is 37.5 Å². The Balaban J connectivity index is 2.53. The number of carboxylic acids is 1. The standard InChI is InChI=1S/C12H18N4O5/c1-6-5-14-10(21-6)7(2)15-12(20)16-8(11(18)19)3-4-9(13)17/h5,7-8H,3-4H2,1-2H3,(H2,13,17)(H,18,19)(H2,15,16,20)/t7?,8-/m0/s1. The van der Waals surface area contributed by atoms with Crippen molar-refractivity contribution in [1.29, 1.82) is 0 Å². The molecule has 1 unspecified atom stereocenters. The minimum Gasteiger partial charge on any atom is -0.480 e. The molecule has 3 amide bonds. The Labute approximate surface area is 120 Å². The molecule has 0 bridgehead atoms. The minimum atomic E-state index is -1.24. The fourth-order valence-electron chi connectivity index (χ4n) is 1.57. The van der Waals surface area contributed by atoms with Gasteiger partial charge in [-0.2, -0.15) is 0 Å². The summed E-state index contributed by atoms with van der Waals surface area (Å²) in [6, 6.07) is -2.42. The van der Waals surface area contributed by atoms with Gasteiger partial charge >= 0.3 is 12.0 Å². The van der Waals surface area contributed by atoms with Crippen molar-refractivity contribution in [3.05, 3.63) is 17.8 Å². The number of carbonyl (C=O) groups is 3. The van der Waals surface area contributed by atoms with Crippen molar-refractivity contribution in [3.63, 3.8) is 0 Å². The van der Waals surface area contributed by atoms with Crippen molar-refractivity contribution >= 4 is 17.9 Å². The second-order valence-electron chi connectivity index (χ2n) is 4.54. The van der Waals surface area contributed by atoms with Crippen molar-refractivity contribution < 1.29 is 23.9 Å². The molecule has 0 aliphatic rings. The number of oxazole rings is 1. The van der Waals surface area contributed by atoms with E-state index in [2.05, 4.69) is 15.6 Å². The number of primary amides is 1. The lowest BCUT2D eigenvalue weighted by Crippen LogP contribution is -2.47. The van der Waals surface area contributed by atoms with Gasteiger partial charge in [-0.15, -0.1) is 0 Å². The van der Waals surface area contributed by atoms with E-state index >= 15 is 0 Å². The van der Waals surface area contributed by atoms with E-state index in [1.165, 1.54) is 6.20 Å². The highest BCUT2D eigenvalue weighted by atomic mass is 16.4. The Morgan fingerprint density at radius 2 is 2.10 bits per heavy atom. The maximum atomic E-state index is 11.7. The molecule has 1 heterocycles. The normalized spacial score (nSPS) is 13.2. The van der Waals surface area contributed by atoms with E-state index in [0.717, 1.165) is 0 Å². The van der Waals surface area contributed by atoms with Crippen molar-refractivity contribution in [1.82, 2.24) is 15.6 Å². The van der Waals surface area contributed by atoms with Crippen molar-refractivity contribution in [2.24, 2.45) is 5.73 Å². The van der Waals surface area contributed by atoms with Gasteiger partial charge in [0.1, 0.15) is 17.8 Å². The number of nitrogens with zero attached hydrogens (tertiary/aromatic N) is 1. The first-order chi connectivity index (χ1) is 9.79. The highest BCUT2D eigenvalue weighted by Crippen LogP contribution is 2.11. The number of rotatable bonds is 7. The summed E-state index contributed by atoms with van der Waals surface area (Å²) in [5.74, 6) is -0.964. The molecule has 9 nitrogen and oxygen atoms in total. The predicted molar refractivity (Wildman–Crippen MR) is 71.2 cm³/mol. The second-order valence-corrected chi connectivity index (χ2v) is 4.54. The molecule has 1 aromatic rings. The van der Waals surface area contributed by atoms with Gasteiger partial charge in [0, 0.05) is 6.42 Å². The van der Waals surface area contributed by atoms with Gasteiger partial charge in [0.05, 0.1) is 6.20 Å². The van der Waals surface area contributed by atoms with Crippen molar-refractivity contribution in [3.8, 4) is 0 Å². The van der Waals surface area contributed by atoms with Crippen LogP contribution in [0.2, 0.25) is 0 Å². The van der Waals surface area contributed by atoms with Crippen LogP contribution >= 0.6 is 0 Å². The molecule has 5 N–H and O–H groups in total. The molecule has 9 heteroatoms. The highest BCUT2D eigenvalue weighted by molar-refractivity contribution is 5.83. The minimum absolute atomic E-state index is 0.0788. The van der Waals surface area contributed by atoms with E-state index in [9.17, 15) is 14.4 Å². The lowest BCUT2D eigenvalue weighted by Gasteiger charge is -2.16. The molecule has 0 saturated heterocycles. The van der Waals surface area contributed by atoms with Crippen LogP contribution in [0.5, 0.6) is 0 Å². The molecule has 0 radical (unpaired) electrons. The van der Waals surface area contributed by atoms with Gasteiger partial charge in [-0.05, 0) is 20.3 Å². The molecule has 2 atom stereocenters. The van der Waals surface area contributed by atoms with Crippen LogP contribution in [0.25, 0.3) is 0 Å². The predicted octanol–water partition coefficient (Wildman–Crippen LogP) is 0.0619. The molecule has 0 fully saturated rings. The summed E-state index contributed by atoms with van der Waals surface area (Å²) in [6.07, 6.45) is 1.30. The van der Waals surface area contributed by atoms with Crippen LogP contribution in [0.3, 0.4) is 0 Å². The monoisotopic (exact) mass is 298 g/mol. The first kappa shape index (κ1) is 16.5. The van der Waals surface area contributed by atoms with E-state index < -0.39 is 30.0 Å². The number of aliphatic carboxylic acids is 1. The van der Waals surface area contributed by atoms with Gasteiger partial charge in [0.25, 0.3) is 0 Å². The summed E-state index contributed by atoms with van der Waals surface area (Å²) in [4.78, 5) is 37.3. The number of aryl methyl sites for hydroxylation is 1. The van der Waals surface area contributed by atoms with Crippen LogP contribution in [-0.4, -0.2) is 34.0 Å². The third-order valence-electron chi connectivity index (χ3n) is 2.64. The van der Waals surface area contributed by atoms with Gasteiger partial charge in [-0.3, -0.25) is 4.79 Å². The lowest BCUT2D eigenvalue weighted by atomic mass is 10.1. The number of carbonyl (C=O) groups excluding carboxylic acids is 2. The van der Waals surface area contributed by atoms with E-state index in [1.807, 2.05) is 0 Å². The Kier molecular flexibility index (Phi) is 5.70. The zero-order valence-electron chi connectivity index (χ0n) is 11.8. The molecule has 0 aliphatic carbocycles. The summed E-state index contributed by atoms with van der Waals surface area (Å²) in [7, 11) is 0. The first-order valence-electron chi connectivity index (χ1n) is 6.30. The van der Waals surface area contributed by atoms with Gasteiger partial charge in [0.2, 0.25) is 11.8 Å². The molecule has 0 spiro atoms. The van der Waals surface area contributed by atoms with E-state index in [1.54, 1.807) is 13.8 Å². The summed E-state index contributed by atoms with van der Waals surface area (Å²) in [5.41, 5.74) is 4.95. The average molecular weight is 298 g/mol. The lowest BCUT2D eigenvalue weighted by molar-refractivity contribution is -0.139. The van der Waals surface area contributed by atoms with Crippen molar-refractivity contribution in [2.75, 3.05) is 0 Å². The number of hydrogen-bond acceptors (Lipinski definition) is 5. The maximum Gasteiger partial charge on any atom is 0.326 e. The summed E-state index contributed by atoms with van der Waals surface area (Å²) < 4.78 is 5.25. The van der Waals surface area contributed by atoms with Crippen LogP contribution in [0, 0.1) is 6.92 Å². The molecule has 1 rings (SSSR count). The summed E-state index contributed by atoms with van der Waals surface area (Å²) >= 11 is 0. The van der Waals surface area contributed by atoms with E-state index in [0.29, 0.717) is 11.7 Å². The number of amides is 3. The van der Waals surface area contributed by atoms with Crippen molar-refractivity contribution in [2.45, 2.75) is 38.8 Å². The molecule has 1 aromatic heterocycles. The number of aromatic nitrogens is 1. The van der Waals surface area contributed by atoms with Crippen LogP contribution in [-0.2, 0) is 9.59 Å². The van der Waals surface area contributed by atoms with Gasteiger partial charge < -0.3 is 25.9 Å². The third-order valence-corrected chi connectivity index (χ3v) is 2.64.